The summed E-state index contributed by atoms with van der Waals surface area (Å²) < 4.78 is 0. The van der Waals surface area contributed by atoms with E-state index in [0.717, 1.165) is 18.8 Å². The highest BCUT2D eigenvalue weighted by atomic mass is 16.3. The van der Waals surface area contributed by atoms with Crippen LogP contribution >= 0.6 is 0 Å². The number of allylic oxidation sites excluding steroid dienone is 2. The number of aliphatic hydroxyl groups excluding tert-OH is 2. The van der Waals surface area contributed by atoms with Gasteiger partial charge >= 0.3 is 0 Å². The van der Waals surface area contributed by atoms with Crippen molar-refractivity contribution in [3.63, 3.8) is 0 Å². The van der Waals surface area contributed by atoms with Crippen LogP contribution in [0.4, 0.5) is 0 Å². The standard InChI is InChI=1S/C29H50O2/c1-17(2)18(3)16-27(31)20(5)23-10-11-24-21-8-9-22-19(4)26(30)13-15-29(22,7)25(21)12-14-28(23,24)6/h8,17-20,22-27,30-31H,9-16H2,1-7H3. The average Bonchev–Trinajstić information content (AvgIpc) is 3.07. The van der Waals surface area contributed by atoms with Crippen molar-refractivity contribution in [3.05, 3.63) is 11.6 Å². The summed E-state index contributed by atoms with van der Waals surface area (Å²) in [5, 5.41) is 21.7. The van der Waals surface area contributed by atoms with E-state index in [0.29, 0.717) is 52.3 Å². The zero-order chi connectivity index (χ0) is 22.7. The molecule has 3 saturated carbocycles. The molecule has 0 radical (unpaired) electrons. The summed E-state index contributed by atoms with van der Waals surface area (Å²) in [6, 6.07) is 0. The zero-order valence-electron chi connectivity index (χ0n) is 21.4. The quantitative estimate of drug-likeness (QED) is 0.468. The third-order valence-electron chi connectivity index (χ3n) is 11.6. The van der Waals surface area contributed by atoms with E-state index in [9.17, 15) is 10.2 Å². The van der Waals surface area contributed by atoms with Gasteiger partial charge in [-0.25, -0.2) is 0 Å². The SMILES string of the molecule is CC(C)C(C)CC(O)C(C)C1CCC2C3=CCC4C(C)C(O)CCC4(C)C3CCC21C. The highest BCUT2D eigenvalue weighted by Gasteiger charge is 2.59. The molecule has 4 aliphatic rings. The number of rotatable bonds is 5. The van der Waals surface area contributed by atoms with Crippen LogP contribution in [0.1, 0.15) is 99.8 Å². The van der Waals surface area contributed by atoms with Gasteiger partial charge < -0.3 is 10.2 Å². The van der Waals surface area contributed by atoms with Crippen LogP contribution in [0, 0.1) is 58.2 Å². The molecule has 0 aromatic carbocycles. The van der Waals surface area contributed by atoms with Crippen molar-refractivity contribution in [2.75, 3.05) is 0 Å². The van der Waals surface area contributed by atoms with Gasteiger partial charge in [0, 0.05) is 0 Å². The van der Waals surface area contributed by atoms with E-state index in [2.05, 4.69) is 54.5 Å². The summed E-state index contributed by atoms with van der Waals surface area (Å²) in [6.45, 7) is 16.6. The van der Waals surface area contributed by atoms with E-state index in [1.54, 1.807) is 5.57 Å². The Bertz CT molecular complexity index is 682. The van der Waals surface area contributed by atoms with Crippen LogP contribution in [-0.2, 0) is 0 Å². The van der Waals surface area contributed by atoms with E-state index in [1.165, 1.54) is 38.5 Å². The normalized spacial score (nSPS) is 47.7. The number of fused-ring (bicyclic) bond motifs is 5. The minimum absolute atomic E-state index is 0.103. The van der Waals surface area contributed by atoms with Crippen LogP contribution in [0.15, 0.2) is 11.6 Å². The fraction of sp³-hybridized carbons (Fsp3) is 0.931. The van der Waals surface area contributed by atoms with Crippen molar-refractivity contribution in [1.82, 2.24) is 0 Å². The maximum Gasteiger partial charge on any atom is 0.0571 e. The molecular formula is C29H50O2. The molecule has 0 aromatic heterocycles. The summed E-state index contributed by atoms with van der Waals surface area (Å²) in [5.41, 5.74) is 2.52. The molecule has 3 fully saturated rings. The number of hydrogen-bond donors (Lipinski definition) is 2. The summed E-state index contributed by atoms with van der Waals surface area (Å²) >= 11 is 0. The first-order chi connectivity index (χ1) is 14.5. The highest BCUT2D eigenvalue weighted by molar-refractivity contribution is 5.28. The van der Waals surface area contributed by atoms with Gasteiger partial charge in [0.2, 0.25) is 0 Å². The van der Waals surface area contributed by atoms with Gasteiger partial charge in [-0.15, -0.1) is 0 Å². The molecule has 0 saturated heterocycles. The van der Waals surface area contributed by atoms with Crippen LogP contribution in [0.3, 0.4) is 0 Å². The van der Waals surface area contributed by atoms with Crippen molar-refractivity contribution in [2.45, 2.75) is 112 Å². The monoisotopic (exact) mass is 430 g/mol. The molecule has 11 atom stereocenters. The van der Waals surface area contributed by atoms with E-state index < -0.39 is 0 Å². The lowest BCUT2D eigenvalue weighted by Crippen LogP contribution is -2.52. The molecule has 178 valence electrons. The predicted octanol–water partition coefficient (Wildman–Crippen LogP) is 6.85. The summed E-state index contributed by atoms with van der Waals surface area (Å²) in [6.07, 6.45) is 11.9. The molecule has 0 aliphatic heterocycles. The molecular weight excluding hydrogens is 380 g/mol. The minimum Gasteiger partial charge on any atom is -0.393 e. The molecule has 0 heterocycles. The first-order valence-electron chi connectivity index (χ1n) is 13.6. The van der Waals surface area contributed by atoms with Crippen molar-refractivity contribution in [2.24, 2.45) is 58.2 Å². The smallest absolute Gasteiger partial charge is 0.0571 e. The van der Waals surface area contributed by atoms with E-state index >= 15 is 0 Å². The predicted molar refractivity (Wildman–Crippen MR) is 130 cm³/mol. The fourth-order valence-corrected chi connectivity index (χ4v) is 8.99. The highest BCUT2D eigenvalue weighted by Crippen LogP contribution is 2.67. The van der Waals surface area contributed by atoms with Crippen molar-refractivity contribution in [1.29, 1.82) is 0 Å². The molecule has 31 heavy (non-hydrogen) atoms. The Labute approximate surface area is 192 Å². The Kier molecular flexibility index (Phi) is 6.50. The van der Waals surface area contributed by atoms with Gasteiger partial charge in [-0.2, -0.15) is 0 Å². The summed E-state index contributed by atoms with van der Waals surface area (Å²) in [4.78, 5) is 0. The van der Waals surface area contributed by atoms with Gasteiger partial charge in [0.25, 0.3) is 0 Å². The van der Waals surface area contributed by atoms with Gasteiger partial charge in [0.1, 0.15) is 0 Å². The first-order valence-corrected chi connectivity index (χ1v) is 13.6. The molecule has 0 spiro atoms. The second kappa shape index (κ2) is 8.46. The van der Waals surface area contributed by atoms with Crippen molar-refractivity contribution in [3.8, 4) is 0 Å². The summed E-state index contributed by atoms with van der Waals surface area (Å²) in [5.74, 6) is 4.77. The lowest BCUT2D eigenvalue weighted by molar-refractivity contribution is -0.0798. The maximum atomic E-state index is 11.1. The topological polar surface area (TPSA) is 40.5 Å². The van der Waals surface area contributed by atoms with Crippen LogP contribution in [0.25, 0.3) is 0 Å². The Morgan fingerprint density at radius 1 is 0.968 bits per heavy atom. The zero-order valence-corrected chi connectivity index (χ0v) is 21.4. The molecule has 0 amide bonds. The molecule has 2 nitrogen and oxygen atoms in total. The Morgan fingerprint density at radius 3 is 2.29 bits per heavy atom. The van der Waals surface area contributed by atoms with Crippen LogP contribution in [-0.4, -0.2) is 22.4 Å². The van der Waals surface area contributed by atoms with Gasteiger partial charge in [0.05, 0.1) is 12.2 Å². The Balaban J connectivity index is 1.54. The fourth-order valence-electron chi connectivity index (χ4n) is 8.99. The van der Waals surface area contributed by atoms with Crippen molar-refractivity contribution < 1.29 is 10.2 Å². The van der Waals surface area contributed by atoms with Crippen LogP contribution in [0.5, 0.6) is 0 Å². The minimum atomic E-state index is -0.168. The molecule has 0 bridgehead atoms. The molecule has 2 N–H and O–H groups in total. The second-order valence-electron chi connectivity index (χ2n) is 13.2. The van der Waals surface area contributed by atoms with Gasteiger partial charge in [-0.3, -0.25) is 0 Å². The molecule has 4 rings (SSSR count). The third kappa shape index (κ3) is 3.76. The van der Waals surface area contributed by atoms with E-state index in [4.69, 9.17) is 0 Å². The van der Waals surface area contributed by atoms with Crippen molar-refractivity contribution >= 4 is 0 Å². The first kappa shape index (κ1) is 23.8. The van der Waals surface area contributed by atoms with E-state index in [-0.39, 0.29) is 12.2 Å². The third-order valence-corrected chi connectivity index (χ3v) is 11.6. The molecule has 4 aliphatic carbocycles. The molecule has 11 unspecified atom stereocenters. The Morgan fingerprint density at radius 2 is 1.61 bits per heavy atom. The van der Waals surface area contributed by atoms with Crippen LogP contribution < -0.4 is 0 Å². The van der Waals surface area contributed by atoms with Gasteiger partial charge in [-0.1, -0.05) is 60.1 Å². The lowest BCUT2D eigenvalue weighted by Gasteiger charge is -2.59. The largest absolute Gasteiger partial charge is 0.393 e. The summed E-state index contributed by atoms with van der Waals surface area (Å²) in [7, 11) is 0. The Hall–Kier alpha value is -0.340. The van der Waals surface area contributed by atoms with Gasteiger partial charge in [-0.05, 0) is 110 Å². The lowest BCUT2D eigenvalue weighted by atomic mass is 9.46. The van der Waals surface area contributed by atoms with Gasteiger partial charge in [0.15, 0.2) is 0 Å². The van der Waals surface area contributed by atoms with Crippen LogP contribution in [0.2, 0.25) is 0 Å². The number of aliphatic hydroxyl groups is 2. The second-order valence-corrected chi connectivity index (χ2v) is 13.2. The molecule has 0 aromatic rings. The number of hydrogen-bond acceptors (Lipinski definition) is 2. The molecule has 2 heteroatoms. The maximum absolute atomic E-state index is 11.1. The average molecular weight is 431 g/mol. The van der Waals surface area contributed by atoms with E-state index in [1.807, 2.05) is 0 Å².